The number of aryl methyl sites for hydroxylation is 1. The van der Waals surface area contributed by atoms with E-state index in [0.29, 0.717) is 6.42 Å². The normalized spacial score (nSPS) is 13.0. The van der Waals surface area contributed by atoms with Crippen molar-refractivity contribution in [3.63, 3.8) is 0 Å². The Morgan fingerprint density at radius 1 is 1.15 bits per heavy atom. The van der Waals surface area contributed by atoms with Crippen molar-refractivity contribution < 1.29 is 9.53 Å². The zero-order valence-electron chi connectivity index (χ0n) is 12.9. The van der Waals surface area contributed by atoms with Crippen LogP contribution in [-0.4, -0.2) is 17.6 Å². The van der Waals surface area contributed by atoms with Gasteiger partial charge in [0.25, 0.3) is 0 Å². The minimum Gasteiger partial charge on any atom is -0.458 e. The maximum absolute atomic E-state index is 12.1. The highest BCUT2D eigenvalue weighted by molar-refractivity contribution is 5.76. The van der Waals surface area contributed by atoms with Gasteiger partial charge in [-0.3, -0.25) is 4.79 Å². The number of nitrogens with two attached hydrogens (primary N) is 1. The third-order valence-electron chi connectivity index (χ3n) is 4.14. The molecule has 0 radical (unpaired) electrons. The molecule has 0 saturated heterocycles. The van der Waals surface area contributed by atoms with Crippen molar-refractivity contribution in [1.29, 1.82) is 0 Å². The Bertz CT molecular complexity index is 390. The standard InChI is InChI=1S/C17H27NO2/c1-4-17(5-2,6-3)20-16(19)15(18)13-12-14-10-8-7-9-11-14/h7-11,15H,4-6,12-13,18H2,1-3H3/t15-/m1/s1. The molecule has 0 aromatic heterocycles. The molecule has 0 aliphatic carbocycles. The molecule has 20 heavy (non-hydrogen) atoms. The van der Waals surface area contributed by atoms with Crippen molar-refractivity contribution in [3.05, 3.63) is 35.9 Å². The van der Waals surface area contributed by atoms with Gasteiger partial charge in [-0.25, -0.2) is 0 Å². The summed E-state index contributed by atoms with van der Waals surface area (Å²) in [7, 11) is 0. The van der Waals surface area contributed by atoms with E-state index in [4.69, 9.17) is 10.5 Å². The molecule has 3 nitrogen and oxygen atoms in total. The summed E-state index contributed by atoms with van der Waals surface area (Å²) in [5.41, 5.74) is 6.81. The fraction of sp³-hybridized carbons (Fsp3) is 0.588. The first-order valence-electron chi connectivity index (χ1n) is 7.59. The van der Waals surface area contributed by atoms with E-state index in [1.54, 1.807) is 0 Å². The molecule has 0 bridgehead atoms. The van der Waals surface area contributed by atoms with Crippen LogP contribution in [0, 0.1) is 0 Å². The zero-order valence-corrected chi connectivity index (χ0v) is 12.9. The summed E-state index contributed by atoms with van der Waals surface area (Å²) >= 11 is 0. The van der Waals surface area contributed by atoms with Crippen LogP contribution >= 0.6 is 0 Å². The number of carbonyl (C=O) groups is 1. The lowest BCUT2D eigenvalue weighted by atomic mass is 9.94. The molecule has 0 amide bonds. The highest BCUT2D eigenvalue weighted by atomic mass is 16.6. The second-order valence-electron chi connectivity index (χ2n) is 5.30. The minimum atomic E-state index is -0.542. The second kappa shape index (κ2) is 8.05. The molecular formula is C17H27NO2. The van der Waals surface area contributed by atoms with Crippen LogP contribution < -0.4 is 5.73 Å². The molecule has 2 N–H and O–H groups in total. The number of hydrogen-bond acceptors (Lipinski definition) is 3. The predicted molar refractivity (Wildman–Crippen MR) is 82.4 cm³/mol. The van der Waals surface area contributed by atoms with Gasteiger partial charge in [0, 0.05) is 0 Å². The van der Waals surface area contributed by atoms with E-state index in [1.807, 2.05) is 30.3 Å². The number of ether oxygens (including phenoxy) is 1. The largest absolute Gasteiger partial charge is 0.458 e. The average molecular weight is 277 g/mol. The van der Waals surface area contributed by atoms with E-state index >= 15 is 0 Å². The molecule has 0 saturated carbocycles. The topological polar surface area (TPSA) is 52.3 Å². The third-order valence-corrected chi connectivity index (χ3v) is 4.14. The molecule has 0 heterocycles. The van der Waals surface area contributed by atoms with Gasteiger partial charge in [0.2, 0.25) is 0 Å². The highest BCUT2D eigenvalue weighted by Gasteiger charge is 2.30. The summed E-state index contributed by atoms with van der Waals surface area (Å²) in [4.78, 5) is 12.1. The first kappa shape index (κ1) is 16.7. The van der Waals surface area contributed by atoms with Gasteiger partial charge >= 0.3 is 5.97 Å². The number of carbonyl (C=O) groups excluding carboxylic acids is 1. The number of esters is 1. The Balaban J connectivity index is 2.50. The average Bonchev–Trinajstić information content (AvgIpc) is 2.51. The van der Waals surface area contributed by atoms with Crippen LogP contribution in [-0.2, 0) is 16.0 Å². The summed E-state index contributed by atoms with van der Waals surface area (Å²) in [6.45, 7) is 6.15. The molecule has 0 fully saturated rings. The Morgan fingerprint density at radius 2 is 1.70 bits per heavy atom. The van der Waals surface area contributed by atoms with Crippen LogP contribution in [0.15, 0.2) is 30.3 Å². The zero-order chi connectivity index (χ0) is 15.0. The molecular weight excluding hydrogens is 250 g/mol. The van der Waals surface area contributed by atoms with Crippen molar-refractivity contribution in [2.45, 2.75) is 64.5 Å². The summed E-state index contributed by atoms with van der Waals surface area (Å²) in [5, 5.41) is 0. The molecule has 0 aliphatic heterocycles. The third kappa shape index (κ3) is 4.64. The van der Waals surface area contributed by atoms with Crippen LogP contribution in [0.3, 0.4) is 0 Å². The number of benzene rings is 1. The van der Waals surface area contributed by atoms with Crippen molar-refractivity contribution in [2.75, 3.05) is 0 Å². The highest BCUT2D eigenvalue weighted by Crippen LogP contribution is 2.25. The van der Waals surface area contributed by atoms with Crippen LogP contribution in [0.5, 0.6) is 0 Å². The monoisotopic (exact) mass is 277 g/mol. The number of rotatable bonds is 8. The van der Waals surface area contributed by atoms with E-state index in [2.05, 4.69) is 20.8 Å². The van der Waals surface area contributed by atoms with Crippen LogP contribution in [0.1, 0.15) is 52.0 Å². The Labute approximate surface area is 122 Å². The van der Waals surface area contributed by atoms with E-state index in [-0.39, 0.29) is 11.6 Å². The maximum atomic E-state index is 12.1. The molecule has 1 aromatic rings. The first-order valence-corrected chi connectivity index (χ1v) is 7.59. The van der Waals surface area contributed by atoms with Crippen molar-refractivity contribution >= 4 is 5.97 Å². The van der Waals surface area contributed by atoms with E-state index in [0.717, 1.165) is 25.7 Å². The lowest BCUT2D eigenvalue weighted by Crippen LogP contribution is -2.41. The number of hydrogen-bond donors (Lipinski definition) is 1. The van der Waals surface area contributed by atoms with Gasteiger partial charge in [0.15, 0.2) is 0 Å². The van der Waals surface area contributed by atoms with Gasteiger partial charge in [-0.1, -0.05) is 51.1 Å². The Hall–Kier alpha value is -1.35. The second-order valence-corrected chi connectivity index (χ2v) is 5.30. The van der Waals surface area contributed by atoms with Gasteiger partial charge in [0.05, 0.1) is 0 Å². The Kier molecular flexibility index (Phi) is 6.73. The van der Waals surface area contributed by atoms with E-state index in [1.165, 1.54) is 5.56 Å². The molecule has 0 unspecified atom stereocenters. The summed E-state index contributed by atoms with van der Waals surface area (Å²) in [5.74, 6) is -0.272. The van der Waals surface area contributed by atoms with Crippen LogP contribution in [0.2, 0.25) is 0 Å². The van der Waals surface area contributed by atoms with Gasteiger partial charge in [0.1, 0.15) is 11.6 Å². The summed E-state index contributed by atoms with van der Waals surface area (Å²) < 4.78 is 5.67. The van der Waals surface area contributed by atoms with Crippen LogP contribution in [0.25, 0.3) is 0 Å². The molecule has 3 heteroatoms. The Morgan fingerprint density at radius 3 is 2.20 bits per heavy atom. The van der Waals surface area contributed by atoms with Gasteiger partial charge in [-0.2, -0.15) is 0 Å². The van der Waals surface area contributed by atoms with Gasteiger partial charge in [-0.15, -0.1) is 0 Å². The molecule has 0 aliphatic rings. The van der Waals surface area contributed by atoms with Crippen molar-refractivity contribution in [1.82, 2.24) is 0 Å². The van der Waals surface area contributed by atoms with E-state index in [9.17, 15) is 4.79 Å². The fourth-order valence-electron chi connectivity index (χ4n) is 2.34. The van der Waals surface area contributed by atoms with E-state index < -0.39 is 6.04 Å². The lowest BCUT2D eigenvalue weighted by molar-refractivity contribution is -0.163. The maximum Gasteiger partial charge on any atom is 0.323 e. The van der Waals surface area contributed by atoms with Crippen LogP contribution in [0.4, 0.5) is 0 Å². The van der Waals surface area contributed by atoms with Gasteiger partial charge < -0.3 is 10.5 Å². The van der Waals surface area contributed by atoms with Gasteiger partial charge in [-0.05, 0) is 37.7 Å². The molecule has 112 valence electrons. The lowest BCUT2D eigenvalue weighted by Gasteiger charge is -2.31. The SMILES string of the molecule is CCC(CC)(CC)OC(=O)[C@H](N)CCc1ccccc1. The van der Waals surface area contributed by atoms with Crippen molar-refractivity contribution in [3.8, 4) is 0 Å². The fourth-order valence-corrected chi connectivity index (χ4v) is 2.34. The minimum absolute atomic E-state index is 0.272. The first-order chi connectivity index (χ1) is 9.56. The molecule has 0 spiro atoms. The molecule has 1 atom stereocenters. The summed E-state index contributed by atoms with van der Waals surface area (Å²) in [6, 6.07) is 9.53. The van der Waals surface area contributed by atoms with Crippen molar-refractivity contribution in [2.24, 2.45) is 5.73 Å². The summed E-state index contributed by atoms with van der Waals surface area (Å²) in [6.07, 6.45) is 3.91. The smallest absolute Gasteiger partial charge is 0.323 e. The molecule has 1 rings (SSSR count). The predicted octanol–water partition coefficient (Wildman–Crippen LogP) is 3.46. The molecule has 1 aromatic carbocycles. The quantitative estimate of drug-likeness (QED) is 0.740.